The lowest BCUT2D eigenvalue weighted by Crippen LogP contribution is -2.09. The second kappa shape index (κ2) is 8.40. The van der Waals surface area contributed by atoms with Crippen LogP contribution in [0.2, 0.25) is 10.0 Å². The van der Waals surface area contributed by atoms with Crippen molar-refractivity contribution < 1.29 is 5.11 Å². The number of nitrogens with zero attached hydrogens (tertiary/aromatic N) is 2. The van der Waals surface area contributed by atoms with E-state index in [9.17, 15) is 5.11 Å². The standard InChI is InChI=1S/C24H20Cl2N2O/c1-2-15-12-19(26)14-28-22(15)13-21(16-5-8-18(25)9-6-16)20-10-7-17-4-3-11-27-23(17)24(20)29/h3-12,14,21,29H,2,13H2,1H3. The second-order valence-corrected chi connectivity index (χ2v) is 7.87. The van der Waals surface area contributed by atoms with Gasteiger partial charge < -0.3 is 5.11 Å². The minimum Gasteiger partial charge on any atom is -0.505 e. The summed E-state index contributed by atoms with van der Waals surface area (Å²) in [7, 11) is 0. The Morgan fingerprint density at radius 2 is 1.76 bits per heavy atom. The second-order valence-electron chi connectivity index (χ2n) is 7.00. The molecule has 4 rings (SSSR count). The highest BCUT2D eigenvalue weighted by atomic mass is 35.5. The lowest BCUT2D eigenvalue weighted by molar-refractivity contribution is 0.469. The van der Waals surface area contributed by atoms with Gasteiger partial charge in [-0.25, -0.2) is 0 Å². The number of hydrogen-bond donors (Lipinski definition) is 1. The highest BCUT2D eigenvalue weighted by Crippen LogP contribution is 2.38. The number of halogens is 2. The van der Waals surface area contributed by atoms with Crippen LogP contribution in [0.4, 0.5) is 0 Å². The van der Waals surface area contributed by atoms with E-state index in [0.29, 0.717) is 22.0 Å². The number of hydrogen-bond acceptors (Lipinski definition) is 3. The van der Waals surface area contributed by atoms with Gasteiger partial charge in [0.25, 0.3) is 0 Å². The quantitative estimate of drug-likeness (QED) is 0.394. The van der Waals surface area contributed by atoms with Crippen molar-refractivity contribution in [3.05, 3.63) is 99.4 Å². The maximum Gasteiger partial charge on any atom is 0.145 e. The number of phenols is 1. The van der Waals surface area contributed by atoms with E-state index in [1.807, 2.05) is 54.6 Å². The minimum absolute atomic E-state index is 0.0994. The molecule has 4 aromatic rings. The zero-order valence-electron chi connectivity index (χ0n) is 15.9. The predicted octanol–water partition coefficient (Wildman–Crippen LogP) is 6.58. The molecule has 0 aliphatic rings. The number of fused-ring (bicyclic) bond motifs is 1. The average molecular weight is 423 g/mol. The first kappa shape index (κ1) is 19.7. The number of aromatic hydroxyl groups is 1. The number of pyridine rings is 2. The Labute approximate surface area is 180 Å². The molecule has 0 bridgehead atoms. The fourth-order valence-corrected chi connectivity index (χ4v) is 4.03. The summed E-state index contributed by atoms with van der Waals surface area (Å²) in [5.74, 6) is 0.104. The average Bonchev–Trinajstić information content (AvgIpc) is 2.74. The predicted molar refractivity (Wildman–Crippen MR) is 119 cm³/mol. The molecule has 5 heteroatoms. The largest absolute Gasteiger partial charge is 0.505 e. The van der Waals surface area contributed by atoms with Crippen molar-refractivity contribution in [3.8, 4) is 5.75 Å². The van der Waals surface area contributed by atoms with E-state index in [0.717, 1.165) is 34.2 Å². The molecule has 3 nitrogen and oxygen atoms in total. The van der Waals surface area contributed by atoms with E-state index in [1.165, 1.54) is 0 Å². The Kier molecular flexibility index (Phi) is 5.70. The molecule has 0 spiro atoms. The van der Waals surface area contributed by atoms with E-state index in [1.54, 1.807) is 12.4 Å². The third-order valence-corrected chi connectivity index (χ3v) is 5.69. The third-order valence-electron chi connectivity index (χ3n) is 5.23. The summed E-state index contributed by atoms with van der Waals surface area (Å²) in [6.45, 7) is 2.09. The van der Waals surface area contributed by atoms with Crippen LogP contribution < -0.4 is 0 Å². The van der Waals surface area contributed by atoms with Gasteiger partial charge in [-0.05, 0) is 41.8 Å². The van der Waals surface area contributed by atoms with Crippen molar-refractivity contribution >= 4 is 34.1 Å². The van der Waals surface area contributed by atoms with Gasteiger partial charge in [0.1, 0.15) is 11.3 Å². The lowest BCUT2D eigenvalue weighted by atomic mass is 9.85. The zero-order valence-corrected chi connectivity index (χ0v) is 17.5. The molecule has 1 unspecified atom stereocenters. The van der Waals surface area contributed by atoms with Crippen LogP contribution in [0.15, 0.2) is 67.0 Å². The van der Waals surface area contributed by atoms with Crippen LogP contribution in [0.5, 0.6) is 5.75 Å². The number of aromatic nitrogens is 2. The minimum atomic E-state index is -0.0994. The molecule has 2 aromatic carbocycles. The topological polar surface area (TPSA) is 46.0 Å². The van der Waals surface area contributed by atoms with Crippen molar-refractivity contribution in [1.29, 1.82) is 0 Å². The van der Waals surface area contributed by atoms with Crippen LogP contribution in [0.3, 0.4) is 0 Å². The monoisotopic (exact) mass is 422 g/mol. The first-order valence-corrected chi connectivity index (χ1v) is 10.3. The fourth-order valence-electron chi connectivity index (χ4n) is 3.72. The summed E-state index contributed by atoms with van der Waals surface area (Å²) < 4.78 is 0. The molecule has 2 heterocycles. The fraction of sp³-hybridized carbons (Fsp3) is 0.167. The van der Waals surface area contributed by atoms with E-state index in [4.69, 9.17) is 23.2 Å². The number of benzene rings is 2. The van der Waals surface area contributed by atoms with E-state index in [2.05, 4.69) is 16.9 Å². The molecule has 1 N–H and O–H groups in total. The number of phenolic OH excluding ortho intramolecular Hbond substituents is 1. The highest BCUT2D eigenvalue weighted by Gasteiger charge is 2.22. The van der Waals surface area contributed by atoms with Crippen molar-refractivity contribution in [2.75, 3.05) is 0 Å². The van der Waals surface area contributed by atoms with Crippen LogP contribution in [0.1, 0.15) is 35.2 Å². The summed E-state index contributed by atoms with van der Waals surface area (Å²) in [5.41, 5.74) is 4.55. The van der Waals surface area contributed by atoms with Crippen molar-refractivity contribution in [2.45, 2.75) is 25.7 Å². The van der Waals surface area contributed by atoms with Crippen molar-refractivity contribution in [2.24, 2.45) is 0 Å². The van der Waals surface area contributed by atoms with Gasteiger partial charge in [-0.1, -0.05) is 60.5 Å². The Hall–Kier alpha value is -2.62. The zero-order chi connectivity index (χ0) is 20.4. The van der Waals surface area contributed by atoms with Crippen LogP contribution in [-0.2, 0) is 12.8 Å². The van der Waals surface area contributed by atoms with E-state index in [-0.39, 0.29) is 11.7 Å². The molecule has 0 aliphatic heterocycles. The summed E-state index contributed by atoms with van der Waals surface area (Å²) in [4.78, 5) is 8.97. The highest BCUT2D eigenvalue weighted by molar-refractivity contribution is 6.30. The molecule has 1 atom stereocenters. The van der Waals surface area contributed by atoms with E-state index >= 15 is 0 Å². The van der Waals surface area contributed by atoms with Gasteiger partial charge in [-0.3, -0.25) is 9.97 Å². The van der Waals surface area contributed by atoms with Gasteiger partial charge in [0.2, 0.25) is 0 Å². The third kappa shape index (κ3) is 4.07. The maximum absolute atomic E-state index is 11.1. The molecular formula is C24H20Cl2N2O. The van der Waals surface area contributed by atoms with Crippen molar-refractivity contribution in [1.82, 2.24) is 9.97 Å². The smallest absolute Gasteiger partial charge is 0.145 e. The Morgan fingerprint density at radius 3 is 2.52 bits per heavy atom. The normalized spacial score (nSPS) is 12.2. The van der Waals surface area contributed by atoms with Crippen LogP contribution in [0, 0.1) is 0 Å². The van der Waals surface area contributed by atoms with Crippen LogP contribution >= 0.6 is 23.2 Å². The Bertz CT molecular complexity index is 1160. The molecule has 0 amide bonds. The molecule has 0 saturated carbocycles. The Balaban J connectivity index is 1.86. The first-order chi connectivity index (χ1) is 14.1. The van der Waals surface area contributed by atoms with Gasteiger partial charge in [-0.2, -0.15) is 0 Å². The SMILES string of the molecule is CCc1cc(Cl)cnc1CC(c1ccc(Cl)cc1)c1ccc2cccnc2c1O. The molecular weight excluding hydrogens is 403 g/mol. The molecule has 0 saturated heterocycles. The van der Waals surface area contributed by atoms with Gasteiger partial charge >= 0.3 is 0 Å². The van der Waals surface area contributed by atoms with Gasteiger partial charge in [0, 0.05) is 46.4 Å². The molecule has 2 aromatic heterocycles. The Morgan fingerprint density at radius 1 is 0.966 bits per heavy atom. The van der Waals surface area contributed by atoms with Crippen LogP contribution in [0.25, 0.3) is 10.9 Å². The van der Waals surface area contributed by atoms with Gasteiger partial charge in [0.15, 0.2) is 0 Å². The number of aryl methyl sites for hydroxylation is 1. The first-order valence-electron chi connectivity index (χ1n) is 9.52. The van der Waals surface area contributed by atoms with Gasteiger partial charge in [-0.15, -0.1) is 0 Å². The summed E-state index contributed by atoms with van der Waals surface area (Å²) >= 11 is 12.3. The molecule has 29 heavy (non-hydrogen) atoms. The van der Waals surface area contributed by atoms with E-state index < -0.39 is 0 Å². The molecule has 146 valence electrons. The summed E-state index contributed by atoms with van der Waals surface area (Å²) in [5, 5.41) is 13.3. The lowest BCUT2D eigenvalue weighted by Gasteiger charge is -2.21. The van der Waals surface area contributed by atoms with Crippen molar-refractivity contribution in [3.63, 3.8) is 0 Å². The summed E-state index contributed by atoms with van der Waals surface area (Å²) in [6.07, 6.45) is 4.84. The van der Waals surface area contributed by atoms with Gasteiger partial charge in [0.05, 0.1) is 5.02 Å². The summed E-state index contributed by atoms with van der Waals surface area (Å²) in [6, 6.07) is 17.5. The number of rotatable bonds is 5. The van der Waals surface area contributed by atoms with Crippen LogP contribution in [-0.4, -0.2) is 15.1 Å². The maximum atomic E-state index is 11.1. The molecule has 0 radical (unpaired) electrons. The molecule has 0 aliphatic carbocycles. The molecule has 0 fully saturated rings.